The molecule has 0 amide bonds. The monoisotopic (exact) mass is 526 g/mol. The number of hydrogen-bond acceptors (Lipinski definition) is 7. The van der Waals surface area contributed by atoms with Crippen LogP contribution in [0, 0.1) is 25.2 Å². The number of rotatable bonds is 7. The number of carboxylic acid groups (broad SMARTS) is 1. The smallest absolute Gasteiger partial charge is 0.311 e. The van der Waals surface area contributed by atoms with E-state index in [1.807, 2.05) is 23.1 Å². The van der Waals surface area contributed by atoms with Crippen LogP contribution in [-0.4, -0.2) is 64.8 Å². The van der Waals surface area contributed by atoms with Crippen molar-refractivity contribution in [2.45, 2.75) is 45.9 Å². The van der Waals surface area contributed by atoms with Gasteiger partial charge in [0, 0.05) is 37.9 Å². The van der Waals surface area contributed by atoms with E-state index in [9.17, 15) is 9.90 Å². The first-order valence-corrected chi connectivity index (χ1v) is 13.9. The van der Waals surface area contributed by atoms with Crippen LogP contribution in [0.4, 0.5) is 5.95 Å². The number of carbonyl (C=O) groups is 1. The predicted molar refractivity (Wildman–Crippen MR) is 147 cm³/mol. The number of fused-ring (bicyclic) bond motifs is 2. The van der Waals surface area contributed by atoms with Crippen LogP contribution in [0.3, 0.4) is 0 Å². The Hall–Kier alpha value is -3.49. The number of aromatic nitrogens is 2. The minimum atomic E-state index is -0.705. The lowest BCUT2D eigenvalue weighted by atomic mass is 9.92. The Labute approximate surface area is 228 Å². The maximum atomic E-state index is 11.8. The average Bonchev–Trinajstić information content (AvgIpc) is 3.48. The molecule has 7 rings (SSSR count). The molecule has 2 saturated heterocycles. The zero-order valence-corrected chi connectivity index (χ0v) is 22.5. The van der Waals surface area contributed by atoms with E-state index in [-0.39, 0.29) is 5.92 Å². The molecule has 3 fully saturated rings. The first-order valence-electron chi connectivity index (χ1n) is 13.9. The van der Waals surface area contributed by atoms with E-state index in [2.05, 4.69) is 41.9 Å². The summed E-state index contributed by atoms with van der Waals surface area (Å²) in [5.74, 6) is 0.888. The molecule has 8 heteroatoms. The highest BCUT2D eigenvalue weighted by Crippen LogP contribution is 2.58. The van der Waals surface area contributed by atoms with Gasteiger partial charge in [0.1, 0.15) is 12.4 Å². The summed E-state index contributed by atoms with van der Waals surface area (Å²) in [7, 11) is 0. The third kappa shape index (κ3) is 4.26. The second kappa shape index (κ2) is 9.31. The molecule has 202 valence electrons. The molecule has 0 unspecified atom stereocenters. The lowest BCUT2D eigenvalue weighted by molar-refractivity contribution is -0.143. The summed E-state index contributed by atoms with van der Waals surface area (Å²) in [6.45, 7) is 9.70. The van der Waals surface area contributed by atoms with Gasteiger partial charge in [0.25, 0.3) is 0 Å². The van der Waals surface area contributed by atoms with Gasteiger partial charge < -0.3 is 19.5 Å². The zero-order valence-electron chi connectivity index (χ0n) is 22.5. The van der Waals surface area contributed by atoms with Crippen LogP contribution in [0.1, 0.15) is 34.2 Å². The Morgan fingerprint density at radius 2 is 2.08 bits per heavy atom. The number of piperidine rings is 1. The van der Waals surface area contributed by atoms with E-state index in [1.54, 1.807) is 6.20 Å². The second-order valence-electron chi connectivity index (χ2n) is 11.7. The molecule has 0 radical (unpaired) electrons. The highest BCUT2D eigenvalue weighted by atomic mass is 16.5. The summed E-state index contributed by atoms with van der Waals surface area (Å²) >= 11 is 0. The van der Waals surface area contributed by atoms with Gasteiger partial charge >= 0.3 is 5.97 Å². The van der Waals surface area contributed by atoms with Gasteiger partial charge in [-0.15, -0.1) is 0 Å². The van der Waals surface area contributed by atoms with E-state index in [0.29, 0.717) is 31.7 Å². The molecule has 8 nitrogen and oxygen atoms in total. The minimum Gasteiger partial charge on any atom is -0.488 e. The van der Waals surface area contributed by atoms with E-state index in [0.717, 1.165) is 61.7 Å². The Balaban J connectivity index is 1.10. The first kappa shape index (κ1) is 24.5. The van der Waals surface area contributed by atoms with Gasteiger partial charge in [-0.05, 0) is 72.6 Å². The van der Waals surface area contributed by atoms with Crippen molar-refractivity contribution in [3.8, 4) is 17.0 Å². The van der Waals surface area contributed by atoms with E-state index in [1.165, 1.54) is 22.3 Å². The molecule has 4 aliphatic rings. The number of aliphatic carboxylic acids is 1. The maximum Gasteiger partial charge on any atom is 0.311 e. The molecule has 1 saturated carbocycles. The lowest BCUT2D eigenvalue weighted by Crippen LogP contribution is -2.50. The zero-order chi connectivity index (χ0) is 26.7. The molecular weight excluding hydrogens is 492 g/mol. The molecule has 39 heavy (non-hydrogen) atoms. The molecular formula is C31H34N4O4. The van der Waals surface area contributed by atoms with Gasteiger partial charge in [-0.1, -0.05) is 24.3 Å². The predicted octanol–water partition coefficient (Wildman–Crippen LogP) is 4.01. The summed E-state index contributed by atoms with van der Waals surface area (Å²) < 4.78 is 11.9. The molecule has 0 spiro atoms. The number of hydrogen-bond donors (Lipinski definition) is 1. The quantitative estimate of drug-likeness (QED) is 0.494. The van der Waals surface area contributed by atoms with Gasteiger partial charge in [-0.3, -0.25) is 9.69 Å². The normalized spacial score (nSPS) is 24.2. The molecule has 1 aromatic heterocycles. The number of aryl methyl sites for hydroxylation is 2. The lowest BCUT2D eigenvalue weighted by Gasteiger charge is -2.40. The van der Waals surface area contributed by atoms with Gasteiger partial charge in [0.2, 0.25) is 5.95 Å². The third-order valence-corrected chi connectivity index (χ3v) is 9.16. The highest BCUT2D eigenvalue weighted by Gasteiger charge is 2.65. The number of anilines is 1. The summed E-state index contributed by atoms with van der Waals surface area (Å²) in [4.78, 5) is 25.7. The fourth-order valence-electron chi connectivity index (χ4n) is 6.61. The number of benzene rings is 2. The van der Waals surface area contributed by atoms with Crippen LogP contribution in [0.15, 0.2) is 42.6 Å². The van der Waals surface area contributed by atoms with Crippen molar-refractivity contribution in [3.63, 3.8) is 0 Å². The Kier molecular flexibility index (Phi) is 5.86. The average molecular weight is 527 g/mol. The van der Waals surface area contributed by atoms with Crippen molar-refractivity contribution in [2.75, 3.05) is 37.7 Å². The maximum absolute atomic E-state index is 11.8. The van der Waals surface area contributed by atoms with Crippen LogP contribution >= 0.6 is 0 Å². The minimum absolute atomic E-state index is 0.190. The Morgan fingerprint density at radius 3 is 2.85 bits per heavy atom. The number of carboxylic acids is 1. The van der Waals surface area contributed by atoms with E-state index < -0.39 is 11.4 Å². The fourth-order valence-corrected chi connectivity index (χ4v) is 6.61. The van der Waals surface area contributed by atoms with Crippen LogP contribution in [0.5, 0.6) is 5.75 Å². The van der Waals surface area contributed by atoms with Crippen LogP contribution in [0.2, 0.25) is 0 Å². The van der Waals surface area contributed by atoms with Crippen molar-refractivity contribution < 1.29 is 19.4 Å². The van der Waals surface area contributed by atoms with Gasteiger partial charge in [0.15, 0.2) is 0 Å². The van der Waals surface area contributed by atoms with Crippen molar-refractivity contribution in [1.82, 2.24) is 14.9 Å². The first-order chi connectivity index (χ1) is 18.9. The summed E-state index contributed by atoms with van der Waals surface area (Å²) in [6, 6.07) is 13.2. The van der Waals surface area contributed by atoms with Crippen molar-refractivity contribution in [2.24, 2.45) is 11.3 Å². The molecule has 3 aromatic rings. The number of para-hydroxylation sites is 1. The van der Waals surface area contributed by atoms with Crippen molar-refractivity contribution in [3.05, 3.63) is 70.4 Å². The Bertz CT molecular complexity index is 1450. The van der Waals surface area contributed by atoms with Crippen molar-refractivity contribution in [1.29, 1.82) is 0 Å². The van der Waals surface area contributed by atoms with Crippen molar-refractivity contribution >= 4 is 11.9 Å². The fraction of sp³-hybridized carbons (Fsp3) is 0.452. The van der Waals surface area contributed by atoms with Gasteiger partial charge in [0.05, 0.1) is 30.4 Å². The van der Waals surface area contributed by atoms with Gasteiger partial charge in [-0.2, -0.15) is 0 Å². The summed E-state index contributed by atoms with van der Waals surface area (Å²) in [6.07, 6.45) is 3.57. The molecule has 1 aliphatic carbocycles. The molecule has 0 bridgehead atoms. The molecule has 3 aliphatic heterocycles. The Morgan fingerprint density at radius 1 is 1.21 bits per heavy atom. The third-order valence-electron chi connectivity index (χ3n) is 9.16. The molecule has 1 N–H and O–H groups in total. The highest BCUT2D eigenvalue weighted by molar-refractivity contribution is 5.81. The number of nitrogens with zero attached hydrogens (tertiary/aromatic N) is 4. The van der Waals surface area contributed by atoms with Crippen LogP contribution in [0.25, 0.3) is 11.3 Å². The molecule has 2 atom stereocenters. The van der Waals surface area contributed by atoms with Crippen LogP contribution < -0.4 is 9.64 Å². The number of ether oxygens (including phenoxy) is 2. The molecule has 4 heterocycles. The summed E-state index contributed by atoms with van der Waals surface area (Å²) in [5.41, 5.74) is 7.52. The molecule has 2 aromatic carbocycles. The van der Waals surface area contributed by atoms with Gasteiger partial charge in [-0.25, -0.2) is 9.97 Å². The van der Waals surface area contributed by atoms with Crippen LogP contribution in [-0.2, 0) is 29.1 Å². The van der Waals surface area contributed by atoms with E-state index in [4.69, 9.17) is 14.5 Å². The van der Waals surface area contributed by atoms with E-state index >= 15 is 0 Å². The standard InChI is InChI=1S/C31H34N4O4/c1-19-4-3-5-25(27-6-8-32-30(33-27)35-13-23-12-31(23,18-35)29(36)37)28(19)39-15-21-10-20(2)26-14-34(24-16-38-17-24)9-7-22(26)11-21/h3-6,8,10-11,23-24H,7,9,12-18H2,1-2H3,(H,36,37)/t23-,31-/m0/s1. The SMILES string of the molecule is Cc1cc(COc2c(C)cccc2-c2ccnc(N3C[C@@H]4C[C@]4(C(=O)O)C3)n2)cc2c1CN(C1COC1)CC2. The largest absolute Gasteiger partial charge is 0.488 e. The summed E-state index contributed by atoms with van der Waals surface area (Å²) in [5, 5.41) is 9.67. The topological polar surface area (TPSA) is 88.0 Å². The second-order valence-corrected chi connectivity index (χ2v) is 11.7.